The van der Waals surface area contributed by atoms with Gasteiger partial charge in [-0.15, -0.1) is 0 Å². The molecular formula is C20H21N3O8. The van der Waals surface area contributed by atoms with E-state index in [9.17, 15) is 24.5 Å². The number of nitrogens with zero attached hydrogens (tertiary/aromatic N) is 1. The van der Waals surface area contributed by atoms with E-state index in [2.05, 4.69) is 10.9 Å². The number of amides is 2. The van der Waals surface area contributed by atoms with Gasteiger partial charge in [0.15, 0.2) is 13.2 Å². The van der Waals surface area contributed by atoms with Crippen LogP contribution in [-0.4, -0.2) is 42.5 Å². The molecule has 0 aliphatic heterocycles. The maximum atomic E-state index is 11.8. The molecule has 2 N–H and O–H groups in total. The van der Waals surface area contributed by atoms with Crippen LogP contribution in [0.15, 0.2) is 48.5 Å². The van der Waals surface area contributed by atoms with Gasteiger partial charge in [0.05, 0.1) is 17.1 Å². The molecule has 0 atom stereocenters. The molecule has 2 aromatic rings. The third-order valence-corrected chi connectivity index (χ3v) is 3.66. The first-order valence-corrected chi connectivity index (χ1v) is 9.24. The molecule has 0 saturated carbocycles. The van der Waals surface area contributed by atoms with Crippen LogP contribution in [-0.2, 0) is 14.3 Å². The molecule has 0 heterocycles. The summed E-state index contributed by atoms with van der Waals surface area (Å²) in [5.41, 5.74) is 4.57. The van der Waals surface area contributed by atoms with Gasteiger partial charge < -0.3 is 14.2 Å². The van der Waals surface area contributed by atoms with E-state index in [1.165, 1.54) is 48.5 Å². The fourth-order valence-electron chi connectivity index (χ4n) is 2.14. The van der Waals surface area contributed by atoms with Crippen molar-refractivity contribution >= 4 is 23.5 Å². The summed E-state index contributed by atoms with van der Waals surface area (Å²) in [6.07, 6.45) is 0.724. The summed E-state index contributed by atoms with van der Waals surface area (Å²) in [5, 5.41) is 10.6. The van der Waals surface area contributed by atoms with Crippen LogP contribution in [0, 0.1) is 10.1 Å². The first-order valence-electron chi connectivity index (χ1n) is 9.24. The number of ether oxygens (including phenoxy) is 3. The number of carbonyl (C=O) groups is 3. The van der Waals surface area contributed by atoms with Gasteiger partial charge in [0, 0.05) is 12.1 Å². The average molecular weight is 431 g/mol. The Hall–Kier alpha value is -4.15. The molecule has 2 aromatic carbocycles. The van der Waals surface area contributed by atoms with Crippen molar-refractivity contribution in [1.29, 1.82) is 0 Å². The molecule has 31 heavy (non-hydrogen) atoms. The predicted octanol–water partition coefficient (Wildman–Crippen LogP) is 1.77. The molecule has 0 fully saturated rings. The lowest BCUT2D eigenvalue weighted by Crippen LogP contribution is -2.45. The van der Waals surface area contributed by atoms with Crippen LogP contribution in [0.4, 0.5) is 5.69 Å². The van der Waals surface area contributed by atoms with Crippen LogP contribution in [0.1, 0.15) is 23.7 Å². The highest BCUT2D eigenvalue weighted by atomic mass is 16.6. The minimum atomic E-state index is -0.637. The van der Waals surface area contributed by atoms with Gasteiger partial charge in [-0.05, 0) is 42.8 Å². The van der Waals surface area contributed by atoms with E-state index in [1.54, 1.807) is 0 Å². The molecule has 11 nitrogen and oxygen atoms in total. The van der Waals surface area contributed by atoms with E-state index in [1.807, 2.05) is 6.92 Å². The molecule has 0 unspecified atom stereocenters. The van der Waals surface area contributed by atoms with Crippen molar-refractivity contribution in [2.45, 2.75) is 13.3 Å². The number of rotatable bonds is 10. The topological polar surface area (TPSA) is 146 Å². The summed E-state index contributed by atoms with van der Waals surface area (Å²) >= 11 is 0. The van der Waals surface area contributed by atoms with E-state index in [4.69, 9.17) is 14.2 Å². The van der Waals surface area contributed by atoms with Crippen molar-refractivity contribution in [3.63, 3.8) is 0 Å². The molecule has 0 radical (unpaired) electrons. The van der Waals surface area contributed by atoms with E-state index >= 15 is 0 Å². The number of benzene rings is 2. The third kappa shape index (κ3) is 8.01. The number of carbonyl (C=O) groups excluding carboxylic acids is 3. The van der Waals surface area contributed by atoms with Crippen molar-refractivity contribution in [3.8, 4) is 11.5 Å². The van der Waals surface area contributed by atoms with Gasteiger partial charge in [0.2, 0.25) is 0 Å². The lowest BCUT2D eigenvalue weighted by Gasteiger charge is -2.10. The van der Waals surface area contributed by atoms with Gasteiger partial charge in [-0.3, -0.25) is 30.6 Å². The third-order valence-electron chi connectivity index (χ3n) is 3.66. The second-order valence-electron chi connectivity index (χ2n) is 6.09. The van der Waals surface area contributed by atoms with Gasteiger partial charge >= 0.3 is 5.97 Å². The van der Waals surface area contributed by atoms with E-state index in [0.29, 0.717) is 17.9 Å². The zero-order chi connectivity index (χ0) is 22.6. The standard InChI is InChI=1S/C20H21N3O8/c1-2-11-29-20(26)14-3-7-16(8-4-14)30-12-18(24)21-22-19(25)13-31-17-9-5-15(6-10-17)23(27)28/h3-10H,2,11-13H2,1H3,(H,21,24)(H,22,25). The smallest absolute Gasteiger partial charge is 0.338 e. The Morgan fingerprint density at radius 2 is 1.35 bits per heavy atom. The second-order valence-corrected chi connectivity index (χ2v) is 6.09. The summed E-state index contributed by atoms with van der Waals surface area (Å²) in [7, 11) is 0. The SMILES string of the molecule is CCCOC(=O)c1ccc(OCC(=O)NNC(=O)COc2ccc([N+](=O)[O-])cc2)cc1. The summed E-state index contributed by atoms with van der Waals surface area (Å²) in [6.45, 7) is 1.45. The number of hydrazine groups is 1. The minimum Gasteiger partial charge on any atom is -0.484 e. The first-order chi connectivity index (χ1) is 14.9. The molecular weight excluding hydrogens is 410 g/mol. The summed E-state index contributed by atoms with van der Waals surface area (Å²) in [5.74, 6) is -1.07. The summed E-state index contributed by atoms with van der Waals surface area (Å²) < 4.78 is 15.4. The van der Waals surface area contributed by atoms with Gasteiger partial charge in [0.25, 0.3) is 17.5 Å². The number of hydrogen-bond acceptors (Lipinski definition) is 8. The van der Waals surface area contributed by atoms with Gasteiger partial charge in [0.1, 0.15) is 11.5 Å². The van der Waals surface area contributed by atoms with Crippen LogP contribution in [0.2, 0.25) is 0 Å². The maximum absolute atomic E-state index is 11.8. The number of non-ortho nitro benzene ring substituents is 1. The van der Waals surface area contributed by atoms with Crippen molar-refractivity contribution in [3.05, 3.63) is 64.2 Å². The highest BCUT2D eigenvalue weighted by Crippen LogP contribution is 2.17. The zero-order valence-electron chi connectivity index (χ0n) is 16.7. The molecule has 0 bridgehead atoms. The molecule has 0 spiro atoms. The van der Waals surface area contributed by atoms with Crippen LogP contribution in [0.3, 0.4) is 0 Å². The van der Waals surface area contributed by atoms with Crippen LogP contribution in [0.5, 0.6) is 11.5 Å². The van der Waals surface area contributed by atoms with Crippen molar-refractivity contribution in [2.75, 3.05) is 19.8 Å². The molecule has 2 amide bonds. The number of nitro groups is 1. The van der Waals surface area contributed by atoms with Gasteiger partial charge in [-0.1, -0.05) is 6.92 Å². The number of nitro benzene ring substituents is 1. The Bertz CT molecular complexity index is 913. The number of esters is 1. The van der Waals surface area contributed by atoms with E-state index in [-0.39, 0.29) is 18.0 Å². The monoisotopic (exact) mass is 431 g/mol. The Morgan fingerprint density at radius 3 is 1.81 bits per heavy atom. The lowest BCUT2D eigenvalue weighted by atomic mass is 10.2. The predicted molar refractivity (Wildman–Crippen MR) is 107 cm³/mol. The van der Waals surface area contributed by atoms with E-state index in [0.717, 1.165) is 6.42 Å². The zero-order valence-corrected chi connectivity index (χ0v) is 16.7. The fraction of sp³-hybridized carbons (Fsp3) is 0.250. The van der Waals surface area contributed by atoms with Crippen molar-refractivity contribution in [2.24, 2.45) is 0 Å². The van der Waals surface area contributed by atoms with Crippen LogP contribution >= 0.6 is 0 Å². The maximum Gasteiger partial charge on any atom is 0.338 e. The van der Waals surface area contributed by atoms with Crippen molar-refractivity contribution in [1.82, 2.24) is 10.9 Å². The first kappa shape index (κ1) is 23.1. The molecule has 11 heteroatoms. The summed E-state index contributed by atoms with van der Waals surface area (Å²) in [6, 6.07) is 11.3. The number of hydrogen-bond donors (Lipinski definition) is 2. The quantitative estimate of drug-likeness (QED) is 0.329. The largest absolute Gasteiger partial charge is 0.484 e. The molecule has 0 aliphatic rings. The fourth-order valence-corrected chi connectivity index (χ4v) is 2.14. The Balaban J connectivity index is 1.67. The Kier molecular flexibility index (Phi) is 8.77. The Labute approximate surface area is 177 Å². The normalized spacial score (nSPS) is 9.97. The molecule has 0 aliphatic carbocycles. The van der Waals surface area contributed by atoms with Crippen molar-refractivity contribution < 1.29 is 33.5 Å². The molecule has 0 saturated heterocycles. The van der Waals surface area contributed by atoms with Gasteiger partial charge in [-0.2, -0.15) is 0 Å². The summed E-state index contributed by atoms with van der Waals surface area (Å²) in [4.78, 5) is 45.2. The van der Waals surface area contributed by atoms with Crippen LogP contribution < -0.4 is 20.3 Å². The highest BCUT2D eigenvalue weighted by Gasteiger charge is 2.10. The van der Waals surface area contributed by atoms with Gasteiger partial charge in [-0.25, -0.2) is 4.79 Å². The Morgan fingerprint density at radius 1 is 0.871 bits per heavy atom. The van der Waals surface area contributed by atoms with E-state index < -0.39 is 29.3 Å². The highest BCUT2D eigenvalue weighted by molar-refractivity contribution is 5.89. The molecule has 0 aromatic heterocycles. The number of nitrogens with one attached hydrogen (secondary N) is 2. The van der Waals surface area contributed by atoms with Crippen LogP contribution in [0.25, 0.3) is 0 Å². The molecule has 2 rings (SSSR count). The minimum absolute atomic E-state index is 0.102. The lowest BCUT2D eigenvalue weighted by molar-refractivity contribution is -0.384. The molecule has 164 valence electrons. The average Bonchev–Trinajstić information content (AvgIpc) is 2.79. The second kappa shape index (κ2) is 11.8.